The lowest BCUT2D eigenvalue weighted by atomic mass is 10.1. The standard InChI is InChI=1S/C17H15ClN4/c1-12-5-17(22-11-16(12)18)21-8-13-6-15(10-20-7-13)14-3-2-4-19-9-14/h2-7,9-11H,8H2,1H3,(H,21,22). The summed E-state index contributed by atoms with van der Waals surface area (Å²) in [6, 6.07) is 7.96. The maximum absolute atomic E-state index is 5.98. The molecule has 3 rings (SSSR count). The third-order valence-electron chi connectivity index (χ3n) is 3.31. The minimum atomic E-state index is 0.648. The molecule has 0 spiro atoms. The predicted molar refractivity (Wildman–Crippen MR) is 88.8 cm³/mol. The molecule has 0 amide bonds. The zero-order chi connectivity index (χ0) is 15.4. The second-order valence-corrected chi connectivity index (χ2v) is 5.40. The molecule has 0 aliphatic rings. The molecule has 0 aliphatic carbocycles. The summed E-state index contributed by atoms with van der Waals surface area (Å²) >= 11 is 5.98. The van der Waals surface area contributed by atoms with Crippen LogP contribution in [0.4, 0.5) is 5.82 Å². The number of hydrogen-bond acceptors (Lipinski definition) is 4. The number of nitrogens with zero attached hydrogens (tertiary/aromatic N) is 3. The Balaban J connectivity index is 1.74. The van der Waals surface area contributed by atoms with Gasteiger partial charge in [0.05, 0.1) is 5.02 Å². The Kier molecular flexibility index (Phi) is 4.30. The van der Waals surface area contributed by atoms with E-state index in [-0.39, 0.29) is 0 Å². The molecular formula is C17H15ClN4. The molecule has 0 bridgehead atoms. The third-order valence-corrected chi connectivity index (χ3v) is 3.71. The lowest BCUT2D eigenvalue weighted by Crippen LogP contribution is -2.02. The molecule has 5 heteroatoms. The minimum Gasteiger partial charge on any atom is -0.366 e. The fraction of sp³-hybridized carbons (Fsp3) is 0.118. The van der Waals surface area contributed by atoms with Crippen molar-refractivity contribution in [3.8, 4) is 11.1 Å². The van der Waals surface area contributed by atoms with E-state index in [1.807, 2.05) is 43.7 Å². The van der Waals surface area contributed by atoms with Gasteiger partial charge in [-0.3, -0.25) is 9.97 Å². The number of hydrogen-bond donors (Lipinski definition) is 1. The molecule has 0 saturated carbocycles. The van der Waals surface area contributed by atoms with Crippen LogP contribution in [0.2, 0.25) is 5.02 Å². The summed E-state index contributed by atoms with van der Waals surface area (Å²) in [6.45, 7) is 2.61. The van der Waals surface area contributed by atoms with E-state index >= 15 is 0 Å². The van der Waals surface area contributed by atoms with Crippen molar-refractivity contribution in [2.24, 2.45) is 0 Å². The molecule has 0 aromatic carbocycles. The number of halogens is 1. The molecule has 4 nitrogen and oxygen atoms in total. The van der Waals surface area contributed by atoms with Crippen LogP contribution in [0.3, 0.4) is 0 Å². The fourth-order valence-electron chi connectivity index (χ4n) is 2.10. The monoisotopic (exact) mass is 310 g/mol. The summed E-state index contributed by atoms with van der Waals surface area (Å²) in [7, 11) is 0. The van der Waals surface area contributed by atoms with E-state index in [2.05, 4.69) is 26.3 Å². The zero-order valence-electron chi connectivity index (χ0n) is 12.1. The molecule has 0 aliphatic heterocycles. The highest BCUT2D eigenvalue weighted by molar-refractivity contribution is 6.31. The molecule has 3 aromatic heterocycles. The highest BCUT2D eigenvalue weighted by atomic mass is 35.5. The number of pyridine rings is 3. The summed E-state index contributed by atoms with van der Waals surface area (Å²) in [6.07, 6.45) is 8.93. The van der Waals surface area contributed by atoms with Gasteiger partial charge in [0.1, 0.15) is 5.82 Å². The Morgan fingerprint density at radius 2 is 1.91 bits per heavy atom. The van der Waals surface area contributed by atoms with Gasteiger partial charge in [0, 0.05) is 48.7 Å². The van der Waals surface area contributed by atoms with Crippen LogP contribution < -0.4 is 5.32 Å². The van der Waals surface area contributed by atoms with Crippen LogP contribution in [0.1, 0.15) is 11.1 Å². The fourth-order valence-corrected chi connectivity index (χ4v) is 2.21. The Morgan fingerprint density at radius 3 is 2.68 bits per heavy atom. The minimum absolute atomic E-state index is 0.648. The highest BCUT2D eigenvalue weighted by Crippen LogP contribution is 2.19. The van der Waals surface area contributed by atoms with E-state index in [9.17, 15) is 0 Å². The van der Waals surface area contributed by atoms with E-state index < -0.39 is 0 Å². The van der Waals surface area contributed by atoms with Crippen LogP contribution in [0, 0.1) is 6.92 Å². The average molecular weight is 311 g/mol. The molecule has 3 aromatic rings. The van der Waals surface area contributed by atoms with Crippen LogP contribution >= 0.6 is 11.6 Å². The van der Waals surface area contributed by atoms with Crippen molar-refractivity contribution >= 4 is 17.4 Å². The van der Waals surface area contributed by atoms with E-state index in [1.54, 1.807) is 12.4 Å². The zero-order valence-corrected chi connectivity index (χ0v) is 12.9. The van der Waals surface area contributed by atoms with Gasteiger partial charge in [-0.15, -0.1) is 0 Å². The van der Waals surface area contributed by atoms with Crippen molar-refractivity contribution in [3.63, 3.8) is 0 Å². The number of anilines is 1. The van der Waals surface area contributed by atoms with Gasteiger partial charge >= 0.3 is 0 Å². The first-order chi connectivity index (χ1) is 10.7. The maximum atomic E-state index is 5.98. The largest absolute Gasteiger partial charge is 0.366 e. The van der Waals surface area contributed by atoms with E-state index in [0.29, 0.717) is 11.6 Å². The highest BCUT2D eigenvalue weighted by Gasteiger charge is 2.02. The Hall–Kier alpha value is -2.46. The third kappa shape index (κ3) is 3.40. The van der Waals surface area contributed by atoms with Crippen LogP contribution in [0.15, 0.2) is 55.2 Å². The van der Waals surface area contributed by atoms with Gasteiger partial charge in [-0.2, -0.15) is 0 Å². The molecule has 0 atom stereocenters. The van der Waals surface area contributed by atoms with Crippen LogP contribution in [-0.2, 0) is 6.54 Å². The van der Waals surface area contributed by atoms with Crippen molar-refractivity contribution in [3.05, 3.63) is 71.4 Å². The second kappa shape index (κ2) is 6.54. The summed E-state index contributed by atoms with van der Waals surface area (Å²) in [4.78, 5) is 12.7. The van der Waals surface area contributed by atoms with Crippen molar-refractivity contribution in [1.82, 2.24) is 15.0 Å². The molecule has 22 heavy (non-hydrogen) atoms. The molecule has 110 valence electrons. The number of nitrogens with one attached hydrogen (secondary N) is 1. The second-order valence-electron chi connectivity index (χ2n) is 5.00. The molecule has 0 fully saturated rings. The Bertz CT molecular complexity index is 775. The van der Waals surface area contributed by atoms with Gasteiger partial charge in [-0.25, -0.2) is 4.98 Å². The Morgan fingerprint density at radius 1 is 1.05 bits per heavy atom. The molecule has 0 saturated heterocycles. The predicted octanol–water partition coefficient (Wildman–Crippen LogP) is 4.11. The van der Waals surface area contributed by atoms with Gasteiger partial charge in [-0.05, 0) is 36.2 Å². The molecule has 1 N–H and O–H groups in total. The normalized spacial score (nSPS) is 10.5. The van der Waals surface area contributed by atoms with Crippen molar-refractivity contribution < 1.29 is 0 Å². The topological polar surface area (TPSA) is 50.7 Å². The maximum Gasteiger partial charge on any atom is 0.126 e. The van der Waals surface area contributed by atoms with Crippen molar-refractivity contribution in [2.45, 2.75) is 13.5 Å². The average Bonchev–Trinajstić information content (AvgIpc) is 2.57. The number of aromatic nitrogens is 3. The van der Waals surface area contributed by atoms with Gasteiger partial charge < -0.3 is 5.32 Å². The molecule has 0 unspecified atom stereocenters. The number of rotatable bonds is 4. The van der Waals surface area contributed by atoms with Gasteiger partial charge in [0.25, 0.3) is 0 Å². The SMILES string of the molecule is Cc1cc(NCc2cncc(-c3cccnc3)c2)ncc1Cl. The molecule has 0 radical (unpaired) electrons. The first-order valence-corrected chi connectivity index (χ1v) is 7.30. The first-order valence-electron chi connectivity index (χ1n) is 6.93. The Labute approximate surface area is 134 Å². The lowest BCUT2D eigenvalue weighted by molar-refractivity contribution is 1.08. The van der Waals surface area contributed by atoms with Gasteiger partial charge in [0.2, 0.25) is 0 Å². The molecular weight excluding hydrogens is 296 g/mol. The summed E-state index contributed by atoms with van der Waals surface area (Å²) in [5.74, 6) is 0.800. The van der Waals surface area contributed by atoms with Gasteiger partial charge in [0.15, 0.2) is 0 Å². The smallest absolute Gasteiger partial charge is 0.126 e. The van der Waals surface area contributed by atoms with Crippen LogP contribution in [0.25, 0.3) is 11.1 Å². The van der Waals surface area contributed by atoms with Crippen LogP contribution in [0.5, 0.6) is 0 Å². The van der Waals surface area contributed by atoms with E-state index in [1.165, 1.54) is 0 Å². The van der Waals surface area contributed by atoms with E-state index in [4.69, 9.17) is 11.6 Å². The lowest BCUT2D eigenvalue weighted by Gasteiger charge is -2.08. The summed E-state index contributed by atoms with van der Waals surface area (Å²) < 4.78 is 0. The first kappa shape index (κ1) is 14.5. The van der Waals surface area contributed by atoms with Crippen molar-refractivity contribution in [1.29, 1.82) is 0 Å². The van der Waals surface area contributed by atoms with Crippen LogP contribution in [-0.4, -0.2) is 15.0 Å². The van der Waals surface area contributed by atoms with Gasteiger partial charge in [-0.1, -0.05) is 17.7 Å². The summed E-state index contributed by atoms with van der Waals surface area (Å²) in [5.41, 5.74) is 4.18. The van der Waals surface area contributed by atoms with Crippen molar-refractivity contribution in [2.75, 3.05) is 5.32 Å². The summed E-state index contributed by atoms with van der Waals surface area (Å²) in [5, 5.41) is 3.95. The van der Waals surface area contributed by atoms with E-state index in [0.717, 1.165) is 28.1 Å². The number of aryl methyl sites for hydroxylation is 1. The quantitative estimate of drug-likeness (QED) is 0.788. The molecule has 3 heterocycles.